The van der Waals surface area contributed by atoms with Crippen molar-refractivity contribution in [3.8, 4) is 11.8 Å². The maximum atomic E-state index is 14.0. The van der Waals surface area contributed by atoms with Crippen LogP contribution in [0.1, 0.15) is 12.5 Å². The van der Waals surface area contributed by atoms with Crippen molar-refractivity contribution in [2.24, 2.45) is 10.8 Å². The summed E-state index contributed by atoms with van der Waals surface area (Å²) in [5.74, 6) is -2.54. The Balaban J connectivity index is 1.94. The standard InChI is InChI=1S/C18H16F2N6OS/c1-18(22)10-5-9(3-4-13(10)23-24-17(18)16(28)8-21)26(2)25-14-6-12(20)15(27)7-11(14)19/h3-7,23,25,27H,22H2,1-2H3. The number of phenols is 1. The van der Waals surface area contributed by atoms with Crippen LogP contribution in [0.4, 0.5) is 25.8 Å². The molecule has 0 radical (unpaired) electrons. The Morgan fingerprint density at radius 3 is 2.75 bits per heavy atom. The van der Waals surface area contributed by atoms with E-state index in [9.17, 15) is 13.9 Å². The maximum absolute atomic E-state index is 14.0. The molecule has 0 bridgehead atoms. The molecule has 144 valence electrons. The lowest BCUT2D eigenvalue weighted by atomic mass is 9.84. The Bertz CT molecular complexity index is 1050. The molecule has 1 aliphatic rings. The number of hydrazone groups is 1. The van der Waals surface area contributed by atoms with E-state index in [4.69, 9.17) is 23.2 Å². The molecular formula is C18H16F2N6OS. The Hall–Kier alpha value is -3.29. The number of nitrogens with two attached hydrogens (primary N) is 1. The van der Waals surface area contributed by atoms with E-state index in [1.54, 1.807) is 32.2 Å². The largest absolute Gasteiger partial charge is 0.505 e. The van der Waals surface area contributed by atoms with Crippen LogP contribution in [0, 0.1) is 23.0 Å². The van der Waals surface area contributed by atoms with Gasteiger partial charge in [-0.15, -0.1) is 0 Å². The smallest absolute Gasteiger partial charge is 0.167 e. The molecule has 3 rings (SSSR count). The third-order valence-electron chi connectivity index (χ3n) is 4.37. The SMILES string of the molecule is CN(Nc1cc(F)c(O)cc1F)c1ccc2c(c1)C(C)(N)C(C(=S)C#N)=NN2. The molecule has 7 nitrogen and oxygen atoms in total. The Morgan fingerprint density at radius 2 is 2.07 bits per heavy atom. The highest BCUT2D eigenvalue weighted by Crippen LogP contribution is 2.35. The number of benzene rings is 2. The second kappa shape index (κ2) is 7.03. The van der Waals surface area contributed by atoms with Gasteiger partial charge >= 0.3 is 0 Å². The van der Waals surface area contributed by atoms with Gasteiger partial charge in [-0.1, -0.05) is 12.2 Å². The number of nitrogens with one attached hydrogen (secondary N) is 2. The zero-order valence-electron chi connectivity index (χ0n) is 14.9. The molecule has 0 spiro atoms. The van der Waals surface area contributed by atoms with Gasteiger partial charge in [-0.3, -0.25) is 15.9 Å². The first-order chi connectivity index (χ1) is 13.1. The summed E-state index contributed by atoms with van der Waals surface area (Å²) in [5.41, 5.74) is 12.7. The fraction of sp³-hybridized carbons (Fsp3) is 0.167. The van der Waals surface area contributed by atoms with Gasteiger partial charge in [0.05, 0.1) is 22.6 Å². The molecule has 10 heteroatoms. The summed E-state index contributed by atoms with van der Waals surface area (Å²) in [6.07, 6.45) is 0. The highest BCUT2D eigenvalue weighted by Gasteiger charge is 2.36. The van der Waals surface area contributed by atoms with Gasteiger partial charge in [0, 0.05) is 24.7 Å². The summed E-state index contributed by atoms with van der Waals surface area (Å²) in [7, 11) is 1.60. The molecule has 28 heavy (non-hydrogen) atoms. The van der Waals surface area contributed by atoms with E-state index in [0.717, 1.165) is 6.07 Å². The zero-order chi connectivity index (χ0) is 20.6. The molecule has 5 N–H and O–H groups in total. The van der Waals surface area contributed by atoms with Crippen molar-refractivity contribution >= 4 is 39.9 Å². The molecule has 1 aliphatic heterocycles. The number of hydrogen-bond acceptors (Lipinski definition) is 8. The summed E-state index contributed by atoms with van der Waals surface area (Å²) >= 11 is 5.03. The van der Waals surface area contributed by atoms with Crippen molar-refractivity contribution in [3.05, 3.63) is 47.5 Å². The van der Waals surface area contributed by atoms with Crippen LogP contribution in [-0.2, 0) is 5.54 Å². The van der Waals surface area contributed by atoms with Crippen molar-refractivity contribution in [3.63, 3.8) is 0 Å². The second-order valence-electron chi connectivity index (χ2n) is 6.40. The van der Waals surface area contributed by atoms with Gasteiger partial charge in [0.2, 0.25) is 0 Å². The first-order valence-electron chi connectivity index (χ1n) is 8.05. The third kappa shape index (κ3) is 3.33. The molecule has 2 aromatic carbocycles. The summed E-state index contributed by atoms with van der Waals surface area (Å²) in [5, 5.41) is 23.9. The number of thiocarbonyl (C=S) groups is 1. The number of halogens is 2. The monoisotopic (exact) mass is 402 g/mol. The van der Waals surface area contributed by atoms with Gasteiger partial charge in [0.15, 0.2) is 17.4 Å². The molecule has 2 aromatic rings. The first-order valence-corrected chi connectivity index (χ1v) is 8.46. The quantitative estimate of drug-likeness (QED) is 0.354. The van der Waals surface area contributed by atoms with E-state index < -0.39 is 22.9 Å². The highest BCUT2D eigenvalue weighted by atomic mass is 32.1. The van der Waals surface area contributed by atoms with Crippen LogP contribution < -0.4 is 21.6 Å². The molecule has 1 atom stereocenters. The van der Waals surface area contributed by atoms with Crippen molar-refractivity contribution in [1.29, 1.82) is 5.26 Å². The summed E-state index contributed by atoms with van der Waals surface area (Å²) in [6, 6.07) is 8.56. The Morgan fingerprint density at radius 1 is 1.36 bits per heavy atom. The van der Waals surface area contributed by atoms with E-state index in [2.05, 4.69) is 16.0 Å². The predicted octanol–water partition coefficient (Wildman–Crippen LogP) is 2.98. The molecular weight excluding hydrogens is 386 g/mol. The molecule has 0 saturated carbocycles. The van der Waals surface area contributed by atoms with E-state index >= 15 is 0 Å². The molecule has 0 aliphatic carbocycles. The normalized spacial score (nSPS) is 17.6. The van der Waals surface area contributed by atoms with Crippen LogP contribution >= 0.6 is 12.2 Å². The summed E-state index contributed by atoms with van der Waals surface area (Å²) in [4.78, 5) is -0.0262. The van der Waals surface area contributed by atoms with Crippen LogP contribution in [-0.4, -0.2) is 22.7 Å². The van der Waals surface area contributed by atoms with Gasteiger partial charge in [-0.2, -0.15) is 10.4 Å². The zero-order valence-corrected chi connectivity index (χ0v) is 15.7. The van der Waals surface area contributed by atoms with E-state index in [0.29, 0.717) is 23.0 Å². The number of anilines is 3. The van der Waals surface area contributed by atoms with Crippen LogP contribution in [0.3, 0.4) is 0 Å². The van der Waals surface area contributed by atoms with Crippen LogP contribution in [0.2, 0.25) is 0 Å². The number of rotatable bonds is 4. The maximum Gasteiger partial charge on any atom is 0.167 e. The van der Waals surface area contributed by atoms with Crippen molar-refractivity contribution in [1.82, 2.24) is 0 Å². The van der Waals surface area contributed by atoms with Crippen LogP contribution in [0.15, 0.2) is 35.4 Å². The fourth-order valence-corrected chi connectivity index (χ4v) is 3.09. The number of nitriles is 1. The lowest BCUT2D eigenvalue weighted by Crippen LogP contribution is -2.48. The molecule has 1 heterocycles. The summed E-state index contributed by atoms with van der Waals surface area (Å²) < 4.78 is 27.5. The third-order valence-corrected chi connectivity index (χ3v) is 4.66. The van der Waals surface area contributed by atoms with Crippen LogP contribution in [0.5, 0.6) is 5.75 Å². The molecule has 0 aromatic heterocycles. The van der Waals surface area contributed by atoms with E-state index in [1.807, 2.05) is 6.07 Å². The Labute approximate surface area is 165 Å². The van der Waals surface area contributed by atoms with E-state index in [1.165, 1.54) is 5.01 Å². The number of fused-ring (bicyclic) bond motifs is 1. The number of hydrogen-bond donors (Lipinski definition) is 4. The van der Waals surface area contributed by atoms with Gasteiger partial charge in [-0.05, 0) is 25.1 Å². The minimum atomic E-state index is -1.12. The van der Waals surface area contributed by atoms with Gasteiger partial charge in [0.25, 0.3) is 0 Å². The number of aromatic hydroxyl groups is 1. The highest BCUT2D eigenvalue weighted by molar-refractivity contribution is 7.82. The number of nitrogens with zero attached hydrogens (tertiary/aromatic N) is 3. The van der Waals surface area contributed by atoms with Gasteiger partial charge in [-0.25, -0.2) is 8.78 Å². The molecule has 1 unspecified atom stereocenters. The van der Waals surface area contributed by atoms with Crippen molar-refractivity contribution in [2.45, 2.75) is 12.5 Å². The van der Waals surface area contributed by atoms with Crippen molar-refractivity contribution < 1.29 is 13.9 Å². The molecule has 0 saturated heterocycles. The second-order valence-corrected chi connectivity index (χ2v) is 6.81. The Kier molecular flexibility index (Phi) is 4.89. The first kappa shape index (κ1) is 19.5. The lowest BCUT2D eigenvalue weighted by Gasteiger charge is -2.33. The fourth-order valence-electron chi connectivity index (χ4n) is 2.83. The van der Waals surface area contributed by atoms with Gasteiger partial charge < -0.3 is 10.8 Å². The molecule has 0 fully saturated rings. The average Bonchev–Trinajstić information content (AvgIpc) is 2.65. The van der Waals surface area contributed by atoms with Gasteiger partial charge in [0.1, 0.15) is 16.6 Å². The average molecular weight is 402 g/mol. The number of phenolic OH excluding ortho intramolecular Hbond substituents is 1. The van der Waals surface area contributed by atoms with Crippen molar-refractivity contribution in [2.75, 3.05) is 22.9 Å². The topological polar surface area (TPSA) is 110 Å². The van der Waals surface area contributed by atoms with E-state index in [-0.39, 0.29) is 16.3 Å². The number of hydrazine groups is 1. The minimum Gasteiger partial charge on any atom is -0.505 e. The predicted molar refractivity (Wildman–Crippen MR) is 107 cm³/mol. The minimum absolute atomic E-state index is 0.0262. The van der Waals surface area contributed by atoms with Crippen LogP contribution in [0.25, 0.3) is 0 Å². The molecule has 0 amide bonds. The lowest BCUT2D eigenvalue weighted by molar-refractivity contribution is 0.427. The summed E-state index contributed by atoms with van der Waals surface area (Å²) in [6.45, 7) is 1.68.